The van der Waals surface area contributed by atoms with Crippen molar-refractivity contribution in [3.05, 3.63) is 66.0 Å². The topological polar surface area (TPSA) is 95.9 Å². The van der Waals surface area contributed by atoms with Crippen molar-refractivity contribution < 1.29 is 9.18 Å². The van der Waals surface area contributed by atoms with Crippen LogP contribution in [-0.4, -0.2) is 50.9 Å². The molecular weight excluding hydrogens is 385 g/mol. The van der Waals surface area contributed by atoms with Crippen molar-refractivity contribution in [2.24, 2.45) is 0 Å². The summed E-state index contributed by atoms with van der Waals surface area (Å²) >= 11 is 0. The van der Waals surface area contributed by atoms with Crippen molar-refractivity contribution in [1.29, 1.82) is 0 Å². The highest BCUT2D eigenvalue weighted by atomic mass is 19.1. The number of nitrogens with one attached hydrogen (secondary N) is 2. The highest BCUT2D eigenvalue weighted by Gasteiger charge is 2.26. The van der Waals surface area contributed by atoms with Crippen molar-refractivity contribution in [2.75, 3.05) is 30.8 Å². The van der Waals surface area contributed by atoms with E-state index in [9.17, 15) is 9.18 Å². The van der Waals surface area contributed by atoms with Crippen LogP contribution in [0.5, 0.6) is 0 Å². The normalized spacial score (nSPS) is 16.2. The Kier molecular flexibility index (Phi) is 5.78. The Morgan fingerprint density at radius 3 is 2.73 bits per heavy atom. The van der Waals surface area contributed by atoms with Gasteiger partial charge in [-0.05, 0) is 43.2 Å². The van der Waals surface area contributed by atoms with Gasteiger partial charge in [0.05, 0.1) is 5.69 Å². The lowest BCUT2D eigenvalue weighted by atomic mass is 9.94. The van der Waals surface area contributed by atoms with E-state index < -0.39 is 0 Å². The third-order valence-corrected chi connectivity index (χ3v) is 5.06. The number of likely N-dealkylation sites (tertiary alicyclic amines) is 1. The predicted octanol–water partition coefficient (Wildman–Crippen LogP) is 3.21. The number of hydrogen-bond acceptors (Lipinski definition) is 7. The van der Waals surface area contributed by atoms with E-state index in [0.29, 0.717) is 36.2 Å². The fraction of sp³-hybridized carbons (Fsp3) is 0.286. The zero-order chi connectivity index (χ0) is 20.9. The zero-order valence-corrected chi connectivity index (χ0v) is 16.5. The van der Waals surface area contributed by atoms with Gasteiger partial charge in [-0.15, -0.1) is 0 Å². The summed E-state index contributed by atoms with van der Waals surface area (Å²) in [5.74, 6) is 1.37. The fourth-order valence-electron chi connectivity index (χ4n) is 3.52. The first-order chi connectivity index (χ1) is 14.6. The molecule has 1 atom stereocenters. The van der Waals surface area contributed by atoms with Gasteiger partial charge >= 0.3 is 0 Å². The largest absolute Gasteiger partial charge is 0.373 e. The lowest BCUT2D eigenvalue weighted by Gasteiger charge is -2.32. The second kappa shape index (κ2) is 8.81. The summed E-state index contributed by atoms with van der Waals surface area (Å²) in [6, 6.07) is 9.30. The molecule has 1 unspecified atom stereocenters. The number of nitrogens with zero attached hydrogens (tertiary/aromatic N) is 5. The fourth-order valence-corrected chi connectivity index (χ4v) is 3.52. The number of carbonyl (C=O) groups is 1. The average molecular weight is 407 g/mol. The molecule has 0 saturated carbocycles. The van der Waals surface area contributed by atoms with Gasteiger partial charge in [-0.25, -0.2) is 24.3 Å². The van der Waals surface area contributed by atoms with Crippen LogP contribution in [0.2, 0.25) is 0 Å². The van der Waals surface area contributed by atoms with E-state index in [0.717, 1.165) is 18.5 Å². The minimum absolute atomic E-state index is 0.0901. The first-order valence-corrected chi connectivity index (χ1v) is 9.77. The van der Waals surface area contributed by atoms with E-state index in [-0.39, 0.29) is 17.6 Å². The van der Waals surface area contributed by atoms with Crippen LogP contribution >= 0.6 is 0 Å². The van der Waals surface area contributed by atoms with Crippen molar-refractivity contribution >= 4 is 23.5 Å². The Morgan fingerprint density at radius 2 is 1.93 bits per heavy atom. The Balaban J connectivity index is 1.47. The average Bonchev–Trinajstić information content (AvgIpc) is 2.79. The summed E-state index contributed by atoms with van der Waals surface area (Å²) in [4.78, 5) is 31.8. The summed E-state index contributed by atoms with van der Waals surface area (Å²) < 4.78 is 13.2. The molecule has 1 fully saturated rings. The van der Waals surface area contributed by atoms with Crippen molar-refractivity contribution in [3.63, 3.8) is 0 Å². The summed E-state index contributed by atoms with van der Waals surface area (Å²) in [5.41, 5.74) is 1.36. The van der Waals surface area contributed by atoms with E-state index >= 15 is 0 Å². The third kappa shape index (κ3) is 4.51. The quantitative estimate of drug-likeness (QED) is 0.670. The summed E-state index contributed by atoms with van der Waals surface area (Å²) in [5, 5.41) is 6.05. The molecule has 0 bridgehead atoms. The molecular formula is C21H22FN7O. The third-order valence-electron chi connectivity index (χ3n) is 5.06. The Morgan fingerprint density at radius 1 is 1.13 bits per heavy atom. The van der Waals surface area contributed by atoms with E-state index in [1.807, 2.05) is 6.07 Å². The van der Waals surface area contributed by atoms with Gasteiger partial charge in [0.15, 0.2) is 0 Å². The number of benzene rings is 1. The van der Waals surface area contributed by atoms with Gasteiger partial charge in [0, 0.05) is 43.9 Å². The van der Waals surface area contributed by atoms with Gasteiger partial charge in [0.2, 0.25) is 5.95 Å². The molecule has 0 spiro atoms. The van der Waals surface area contributed by atoms with Crippen LogP contribution in [0, 0.1) is 5.82 Å². The van der Waals surface area contributed by atoms with E-state index in [4.69, 9.17) is 0 Å². The van der Waals surface area contributed by atoms with Crippen LogP contribution < -0.4 is 10.6 Å². The van der Waals surface area contributed by atoms with Crippen LogP contribution in [-0.2, 0) is 0 Å². The number of rotatable bonds is 5. The van der Waals surface area contributed by atoms with Gasteiger partial charge in [-0.2, -0.15) is 0 Å². The maximum absolute atomic E-state index is 13.2. The summed E-state index contributed by atoms with van der Waals surface area (Å²) in [6.07, 6.45) is 4.96. The van der Waals surface area contributed by atoms with Crippen LogP contribution in [0.1, 0.15) is 34.8 Å². The molecule has 8 nitrogen and oxygen atoms in total. The first kappa shape index (κ1) is 19.7. The summed E-state index contributed by atoms with van der Waals surface area (Å²) in [7, 11) is 1.78. The Labute approximate surface area is 173 Å². The molecule has 1 aliphatic rings. The van der Waals surface area contributed by atoms with Gasteiger partial charge in [-0.1, -0.05) is 0 Å². The molecule has 30 heavy (non-hydrogen) atoms. The van der Waals surface area contributed by atoms with E-state index in [1.165, 1.54) is 30.6 Å². The maximum Gasteiger partial charge on any atom is 0.253 e. The molecule has 9 heteroatoms. The number of hydrogen-bond donors (Lipinski definition) is 2. The molecule has 0 radical (unpaired) electrons. The molecule has 1 aromatic carbocycles. The number of carbonyl (C=O) groups excluding carboxylic acids is 1. The molecule has 2 N–H and O–H groups in total. The minimum atomic E-state index is -0.352. The lowest BCUT2D eigenvalue weighted by Crippen LogP contribution is -2.39. The molecule has 4 rings (SSSR count). The van der Waals surface area contributed by atoms with Crippen LogP contribution in [0.3, 0.4) is 0 Å². The molecule has 154 valence electrons. The van der Waals surface area contributed by atoms with Crippen molar-refractivity contribution in [3.8, 4) is 0 Å². The molecule has 2 aromatic heterocycles. The first-order valence-electron chi connectivity index (χ1n) is 9.77. The smallest absolute Gasteiger partial charge is 0.253 e. The Bertz CT molecular complexity index is 1030. The second-order valence-electron chi connectivity index (χ2n) is 7.07. The highest BCUT2D eigenvalue weighted by molar-refractivity contribution is 5.94. The minimum Gasteiger partial charge on any atom is -0.373 e. The van der Waals surface area contributed by atoms with E-state index in [2.05, 4.69) is 30.6 Å². The van der Waals surface area contributed by atoms with Crippen molar-refractivity contribution in [1.82, 2.24) is 24.8 Å². The number of amides is 1. The maximum atomic E-state index is 13.2. The molecule has 3 heterocycles. The van der Waals surface area contributed by atoms with E-state index in [1.54, 1.807) is 24.2 Å². The van der Waals surface area contributed by atoms with Crippen LogP contribution in [0.4, 0.5) is 22.0 Å². The van der Waals surface area contributed by atoms with Crippen molar-refractivity contribution in [2.45, 2.75) is 18.8 Å². The summed E-state index contributed by atoms with van der Waals surface area (Å²) in [6.45, 7) is 1.24. The second-order valence-corrected chi connectivity index (χ2v) is 7.07. The molecule has 3 aromatic rings. The zero-order valence-electron chi connectivity index (χ0n) is 16.5. The monoisotopic (exact) mass is 407 g/mol. The SMILES string of the molecule is CNc1cc(Nc2nccc(C3CCCN(C(=O)c4ccc(F)cc4)C3)n2)ncn1. The lowest BCUT2D eigenvalue weighted by molar-refractivity contribution is 0.0706. The van der Waals surface area contributed by atoms with Gasteiger partial charge in [0.25, 0.3) is 5.91 Å². The number of aromatic nitrogens is 4. The Hall–Kier alpha value is -3.62. The van der Waals surface area contributed by atoms with Gasteiger partial charge in [0.1, 0.15) is 23.8 Å². The standard InChI is InChI=1S/C21H22FN7O/c1-23-18-11-19(26-13-25-18)28-21-24-9-8-17(27-21)15-3-2-10-29(12-15)20(30)14-4-6-16(22)7-5-14/h4-9,11,13,15H,2-3,10,12H2,1H3,(H2,23,24,25,26,27,28). The number of anilines is 3. The number of halogens is 1. The van der Waals surface area contributed by atoms with Gasteiger partial charge < -0.3 is 15.5 Å². The predicted molar refractivity (Wildman–Crippen MR) is 111 cm³/mol. The van der Waals surface area contributed by atoms with Gasteiger partial charge in [-0.3, -0.25) is 4.79 Å². The molecule has 0 aliphatic carbocycles. The molecule has 1 saturated heterocycles. The van der Waals surface area contributed by atoms with Crippen LogP contribution in [0.25, 0.3) is 0 Å². The molecule has 1 aliphatic heterocycles. The highest BCUT2D eigenvalue weighted by Crippen LogP contribution is 2.27. The number of piperidine rings is 1. The van der Waals surface area contributed by atoms with Crippen LogP contribution in [0.15, 0.2) is 48.9 Å². The molecule has 1 amide bonds.